The molecule has 1 aliphatic rings. The molecule has 9 heteroatoms. The summed E-state index contributed by atoms with van der Waals surface area (Å²) in [6.45, 7) is 2.91. The first kappa shape index (κ1) is 17.8. The van der Waals surface area contributed by atoms with Gasteiger partial charge in [-0.2, -0.15) is 0 Å². The molecule has 0 fully saturated rings. The number of imide groups is 1. The van der Waals surface area contributed by atoms with Gasteiger partial charge in [0, 0.05) is 10.9 Å². The van der Waals surface area contributed by atoms with Crippen LogP contribution in [0.4, 0.5) is 10.5 Å². The first-order chi connectivity index (χ1) is 11.3. The monoisotopic (exact) mass is 351 g/mol. The van der Waals surface area contributed by atoms with Gasteiger partial charge in [-0.05, 0) is 32.0 Å². The number of hydrogen-bond donors (Lipinski definition) is 3. The zero-order chi connectivity index (χ0) is 17.7. The van der Waals surface area contributed by atoms with Gasteiger partial charge in [-0.3, -0.25) is 14.9 Å². The summed E-state index contributed by atoms with van der Waals surface area (Å²) in [5.41, 5.74) is 0.738. The summed E-state index contributed by atoms with van der Waals surface area (Å²) in [7, 11) is 0. The Kier molecular flexibility index (Phi) is 5.80. The normalized spacial score (nSPS) is 12.9. The number of nitrogens with one attached hydrogen (secondary N) is 3. The summed E-state index contributed by atoms with van der Waals surface area (Å²) >= 11 is 1.37. The van der Waals surface area contributed by atoms with Crippen molar-refractivity contribution in [2.75, 3.05) is 17.7 Å². The Morgan fingerprint density at radius 1 is 1.33 bits per heavy atom. The molecule has 0 radical (unpaired) electrons. The third kappa shape index (κ3) is 4.98. The van der Waals surface area contributed by atoms with Gasteiger partial charge in [-0.15, -0.1) is 11.8 Å². The topological polar surface area (TPSA) is 114 Å². The second kappa shape index (κ2) is 7.82. The second-order valence-electron chi connectivity index (χ2n) is 5.30. The molecular weight excluding hydrogens is 334 g/mol. The molecule has 4 amide bonds. The number of rotatable bonds is 4. The van der Waals surface area contributed by atoms with Crippen LogP contribution in [-0.2, 0) is 14.3 Å². The number of fused-ring (bicyclic) bond motifs is 1. The molecule has 0 unspecified atom stereocenters. The van der Waals surface area contributed by atoms with E-state index in [1.165, 1.54) is 17.8 Å². The van der Waals surface area contributed by atoms with Gasteiger partial charge >= 0.3 is 12.0 Å². The summed E-state index contributed by atoms with van der Waals surface area (Å²) in [5, 5.41) is 7.19. The molecule has 8 nitrogen and oxygen atoms in total. The Bertz CT molecular complexity index is 690. The minimum absolute atomic E-state index is 0.121. The average molecular weight is 351 g/mol. The van der Waals surface area contributed by atoms with E-state index in [1.807, 2.05) is 5.32 Å². The Labute approximate surface area is 142 Å². The highest BCUT2D eigenvalue weighted by Crippen LogP contribution is 2.32. The predicted molar refractivity (Wildman–Crippen MR) is 87.9 cm³/mol. The van der Waals surface area contributed by atoms with Crippen LogP contribution in [0.5, 0.6) is 0 Å². The largest absolute Gasteiger partial charge is 0.452 e. The summed E-state index contributed by atoms with van der Waals surface area (Å²) in [5.74, 6) is -1.27. The minimum atomic E-state index is -0.733. The molecule has 1 aromatic carbocycles. The highest BCUT2D eigenvalue weighted by Gasteiger charge is 2.18. The lowest BCUT2D eigenvalue weighted by molar-refractivity contribution is -0.123. The van der Waals surface area contributed by atoms with Gasteiger partial charge in [0.25, 0.3) is 5.91 Å². The molecular formula is C15H17N3O5S. The van der Waals surface area contributed by atoms with Crippen molar-refractivity contribution in [3.63, 3.8) is 0 Å². The molecule has 3 N–H and O–H groups in total. The maximum Gasteiger partial charge on any atom is 0.338 e. The molecule has 1 aromatic rings. The summed E-state index contributed by atoms with van der Waals surface area (Å²) in [6.07, 6.45) is 0. The lowest BCUT2D eigenvalue weighted by atomic mass is 10.2. The van der Waals surface area contributed by atoms with Crippen molar-refractivity contribution in [3.05, 3.63) is 23.8 Å². The standard InChI is InChI=1S/C15H17N3O5S/c1-8(2)16-15(22)18-12(19)6-23-14(21)9-3-4-11-10(5-9)17-13(20)7-24-11/h3-5,8H,6-7H2,1-2H3,(H,17,20)(H2,16,18,19,22). The lowest BCUT2D eigenvalue weighted by Gasteiger charge is -2.16. The number of carbonyl (C=O) groups is 4. The zero-order valence-electron chi connectivity index (χ0n) is 13.2. The quantitative estimate of drug-likeness (QED) is 0.701. The number of ether oxygens (including phenoxy) is 1. The fourth-order valence-electron chi connectivity index (χ4n) is 1.89. The number of anilines is 1. The molecule has 24 heavy (non-hydrogen) atoms. The predicted octanol–water partition coefficient (Wildman–Crippen LogP) is 1.12. The van der Waals surface area contributed by atoms with Gasteiger partial charge in [0.15, 0.2) is 6.61 Å². The maximum absolute atomic E-state index is 12.0. The van der Waals surface area contributed by atoms with Crippen molar-refractivity contribution >= 4 is 41.3 Å². The zero-order valence-corrected chi connectivity index (χ0v) is 14.0. The van der Waals surface area contributed by atoms with Gasteiger partial charge in [0.1, 0.15) is 0 Å². The van der Waals surface area contributed by atoms with Gasteiger partial charge < -0.3 is 15.4 Å². The molecule has 128 valence electrons. The van der Waals surface area contributed by atoms with Crippen molar-refractivity contribution in [2.45, 2.75) is 24.8 Å². The van der Waals surface area contributed by atoms with E-state index in [4.69, 9.17) is 4.74 Å². The van der Waals surface area contributed by atoms with Crippen LogP contribution in [0.3, 0.4) is 0 Å². The molecule has 0 saturated heterocycles. The van der Waals surface area contributed by atoms with E-state index >= 15 is 0 Å². The van der Waals surface area contributed by atoms with Crippen molar-refractivity contribution in [2.24, 2.45) is 0 Å². The summed E-state index contributed by atoms with van der Waals surface area (Å²) < 4.78 is 4.86. The maximum atomic E-state index is 12.0. The van der Waals surface area contributed by atoms with E-state index in [1.54, 1.807) is 26.0 Å². The highest BCUT2D eigenvalue weighted by molar-refractivity contribution is 8.00. The smallest absolute Gasteiger partial charge is 0.338 e. The van der Waals surface area contributed by atoms with Crippen LogP contribution in [0.1, 0.15) is 24.2 Å². The van der Waals surface area contributed by atoms with Crippen LogP contribution in [0.15, 0.2) is 23.1 Å². The Balaban J connectivity index is 1.89. The highest BCUT2D eigenvalue weighted by atomic mass is 32.2. The van der Waals surface area contributed by atoms with Crippen LogP contribution in [-0.4, -0.2) is 42.2 Å². The third-order valence-corrected chi connectivity index (χ3v) is 3.93. The van der Waals surface area contributed by atoms with Crippen LogP contribution in [0.2, 0.25) is 0 Å². The van der Waals surface area contributed by atoms with Crippen molar-refractivity contribution in [1.82, 2.24) is 10.6 Å². The van der Waals surface area contributed by atoms with Gasteiger partial charge in [-0.25, -0.2) is 9.59 Å². The van der Waals surface area contributed by atoms with Crippen molar-refractivity contribution < 1.29 is 23.9 Å². The number of carbonyl (C=O) groups excluding carboxylic acids is 4. The van der Waals surface area contributed by atoms with E-state index in [-0.39, 0.29) is 17.5 Å². The molecule has 2 rings (SSSR count). The van der Waals surface area contributed by atoms with Crippen LogP contribution in [0, 0.1) is 0 Å². The SMILES string of the molecule is CC(C)NC(=O)NC(=O)COC(=O)c1ccc2c(c1)NC(=O)CS2. The number of hydrogen-bond acceptors (Lipinski definition) is 6. The lowest BCUT2D eigenvalue weighted by Crippen LogP contribution is -2.44. The fraction of sp³-hybridized carbons (Fsp3) is 0.333. The first-order valence-corrected chi connectivity index (χ1v) is 8.18. The third-order valence-electron chi connectivity index (χ3n) is 2.86. The Hall–Kier alpha value is -2.55. The van der Waals surface area contributed by atoms with Crippen LogP contribution in [0.25, 0.3) is 0 Å². The van der Waals surface area contributed by atoms with Crippen molar-refractivity contribution in [1.29, 1.82) is 0 Å². The van der Waals surface area contributed by atoms with E-state index < -0.39 is 24.5 Å². The number of benzene rings is 1. The van der Waals surface area contributed by atoms with E-state index in [2.05, 4.69) is 10.6 Å². The van der Waals surface area contributed by atoms with Gasteiger partial charge in [-0.1, -0.05) is 0 Å². The first-order valence-electron chi connectivity index (χ1n) is 7.19. The van der Waals surface area contributed by atoms with E-state index in [0.29, 0.717) is 11.4 Å². The molecule has 0 aromatic heterocycles. The van der Waals surface area contributed by atoms with E-state index in [0.717, 1.165) is 4.90 Å². The number of esters is 1. The average Bonchev–Trinajstić information content (AvgIpc) is 2.50. The van der Waals surface area contributed by atoms with Gasteiger partial charge in [0.05, 0.1) is 17.0 Å². The molecule has 0 bridgehead atoms. The molecule has 1 heterocycles. The number of thioether (sulfide) groups is 1. The van der Waals surface area contributed by atoms with E-state index in [9.17, 15) is 19.2 Å². The molecule has 0 spiro atoms. The fourth-order valence-corrected chi connectivity index (χ4v) is 2.67. The Morgan fingerprint density at radius 3 is 2.79 bits per heavy atom. The van der Waals surface area contributed by atoms with Crippen LogP contribution < -0.4 is 16.0 Å². The molecule has 1 aliphatic heterocycles. The molecule has 0 aliphatic carbocycles. The minimum Gasteiger partial charge on any atom is -0.452 e. The number of amides is 4. The van der Waals surface area contributed by atoms with Crippen molar-refractivity contribution in [3.8, 4) is 0 Å². The summed E-state index contributed by atoms with van der Waals surface area (Å²) in [6, 6.07) is 3.97. The van der Waals surface area contributed by atoms with Gasteiger partial charge in [0.2, 0.25) is 5.91 Å². The Morgan fingerprint density at radius 2 is 2.08 bits per heavy atom. The second-order valence-corrected chi connectivity index (χ2v) is 6.32. The molecule has 0 saturated carbocycles. The number of urea groups is 1. The molecule has 0 atom stereocenters. The summed E-state index contributed by atoms with van der Waals surface area (Å²) in [4.78, 5) is 47.1. The van der Waals surface area contributed by atoms with Crippen LogP contribution >= 0.6 is 11.8 Å².